The summed E-state index contributed by atoms with van der Waals surface area (Å²) in [5, 5.41) is 0.827. The number of hydrogen-bond acceptors (Lipinski definition) is 4. The average Bonchev–Trinajstić information content (AvgIpc) is 3.04. The van der Waals surface area contributed by atoms with Crippen LogP contribution in [0.15, 0.2) is 31.9 Å². The number of H-pyrrole nitrogens is 1. The molecule has 1 saturated carbocycles. The minimum atomic E-state index is -0.525. The maximum atomic E-state index is 12.3. The summed E-state index contributed by atoms with van der Waals surface area (Å²) in [5.74, 6) is 0.570. The molecule has 1 aliphatic rings. The van der Waals surface area contributed by atoms with E-state index in [4.69, 9.17) is 10.2 Å². The van der Waals surface area contributed by atoms with Gasteiger partial charge in [-0.3, -0.25) is 4.79 Å². The zero-order valence-electron chi connectivity index (χ0n) is 11.3. The molecule has 0 unspecified atom stereocenters. The quantitative estimate of drug-likeness (QED) is 0.707. The van der Waals surface area contributed by atoms with E-state index in [0.717, 1.165) is 35.5 Å². The van der Waals surface area contributed by atoms with E-state index in [1.54, 1.807) is 0 Å². The number of nitrogens with zero attached hydrogens (tertiary/aromatic N) is 1. The van der Waals surface area contributed by atoms with Crippen molar-refractivity contribution in [3.05, 3.63) is 38.9 Å². The number of rotatable bonds is 1. The number of furan rings is 1. The Balaban J connectivity index is 2.06. The molecule has 21 heavy (non-hydrogen) atoms. The van der Waals surface area contributed by atoms with Crippen molar-refractivity contribution in [2.24, 2.45) is 5.73 Å². The van der Waals surface area contributed by atoms with Gasteiger partial charge in [-0.1, -0.05) is 28.8 Å². The first-order valence-corrected chi connectivity index (χ1v) is 7.78. The molecule has 1 fully saturated rings. The number of aromatic nitrogens is 2. The highest BCUT2D eigenvalue weighted by molar-refractivity contribution is 9.10. The predicted molar refractivity (Wildman–Crippen MR) is 84.2 cm³/mol. The minimum absolute atomic E-state index is 0.258. The monoisotopic (exact) mass is 347 g/mol. The van der Waals surface area contributed by atoms with Crippen molar-refractivity contribution in [1.29, 1.82) is 0 Å². The van der Waals surface area contributed by atoms with Gasteiger partial charge in [0.25, 0.3) is 5.56 Å². The molecule has 1 aromatic carbocycles. The van der Waals surface area contributed by atoms with E-state index in [1.807, 2.05) is 18.2 Å². The van der Waals surface area contributed by atoms with Gasteiger partial charge >= 0.3 is 0 Å². The largest absolute Gasteiger partial charge is 0.449 e. The van der Waals surface area contributed by atoms with E-state index in [9.17, 15) is 4.79 Å². The van der Waals surface area contributed by atoms with Crippen molar-refractivity contribution in [2.75, 3.05) is 0 Å². The van der Waals surface area contributed by atoms with E-state index in [-0.39, 0.29) is 11.1 Å². The van der Waals surface area contributed by atoms with Gasteiger partial charge in [0.2, 0.25) is 5.58 Å². The lowest BCUT2D eigenvalue weighted by Crippen LogP contribution is -2.37. The Bertz CT molecular complexity index is 906. The summed E-state index contributed by atoms with van der Waals surface area (Å²) in [6, 6.07) is 5.62. The molecule has 108 valence electrons. The molecule has 0 radical (unpaired) electrons. The number of benzene rings is 1. The highest BCUT2D eigenvalue weighted by Crippen LogP contribution is 2.35. The molecule has 0 spiro atoms. The molecule has 4 rings (SSSR count). The Morgan fingerprint density at radius 3 is 2.86 bits per heavy atom. The van der Waals surface area contributed by atoms with Crippen molar-refractivity contribution < 1.29 is 4.42 Å². The maximum absolute atomic E-state index is 12.3. The van der Waals surface area contributed by atoms with Crippen molar-refractivity contribution in [1.82, 2.24) is 9.97 Å². The zero-order valence-corrected chi connectivity index (χ0v) is 12.9. The van der Waals surface area contributed by atoms with E-state index in [0.29, 0.717) is 16.9 Å². The standard InChI is InChI=1S/C15H14BrN3O2/c16-8-3-4-10-9(7-8)11-12(21-10)13(20)19-14(18-11)15(17)5-1-2-6-15/h3-4,7H,1-2,5-6,17H2,(H,18,19,20). The Kier molecular flexibility index (Phi) is 2.74. The molecule has 6 heteroatoms. The number of halogens is 1. The van der Waals surface area contributed by atoms with Crippen molar-refractivity contribution >= 4 is 38.0 Å². The van der Waals surface area contributed by atoms with Gasteiger partial charge in [-0.05, 0) is 31.0 Å². The van der Waals surface area contributed by atoms with Crippen LogP contribution in [0.1, 0.15) is 31.5 Å². The number of hydrogen-bond donors (Lipinski definition) is 2. The van der Waals surface area contributed by atoms with Crippen LogP contribution in [-0.2, 0) is 5.54 Å². The summed E-state index contributed by atoms with van der Waals surface area (Å²) in [7, 11) is 0. The molecule has 0 amide bonds. The van der Waals surface area contributed by atoms with Crippen LogP contribution < -0.4 is 11.3 Å². The zero-order chi connectivity index (χ0) is 14.6. The first kappa shape index (κ1) is 13.0. The third kappa shape index (κ3) is 1.93. The van der Waals surface area contributed by atoms with Crippen LogP contribution in [0.25, 0.3) is 22.1 Å². The molecule has 5 nitrogen and oxygen atoms in total. The fourth-order valence-electron chi connectivity index (χ4n) is 3.10. The summed E-state index contributed by atoms with van der Waals surface area (Å²) in [6.45, 7) is 0. The molecule has 3 aromatic rings. The van der Waals surface area contributed by atoms with Gasteiger partial charge in [-0.2, -0.15) is 0 Å². The van der Waals surface area contributed by atoms with E-state index < -0.39 is 5.54 Å². The lowest BCUT2D eigenvalue weighted by atomic mass is 9.98. The third-order valence-corrected chi connectivity index (χ3v) is 4.75. The van der Waals surface area contributed by atoms with E-state index in [2.05, 4.69) is 25.9 Å². The second-order valence-corrected chi connectivity index (χ2v) is 6.61. The molecule has 3 N–H and O–H groups in total. The van der Waals surface area contributed by atoms with Crippen molar-refractivity contribution in [3.8, 4) is 0 Å². The van der Waals surface area contributed by atoms with Crippen LogP contribution in [0, 0.1) is 0 Å². The van der Waals surface area contributed by atoms with Crippen molar-refractivity contribution in [3.63, 3.8) is 0 Å². The first-order valence-electron chi connectivity index (χ1n) is 6.98. The topological polar surface area (TPSA) is 84.9 Å². The predicted octanol–water partition coefficient (Wildman–Crippen LogP) is 3.16. The number of nitrogens with two attached hydrogens (primary N) is 1. The van der Waals surface area contributed by atoms with Gasteiger partial charge in [-0.25, -0.2) is 4.98 Å². The fourth-order valence-corrected chi connectivity index (χ4v) is 3.47. The van der Waals surface area contributed by atoms with Gasteiger partial charge < -0.3 is 15.1 Å². The second kappa shape index (κ2) is 4.42. The van der Waals surface area contributed by atoms with Gasteiger partial charge in [0.05, 0.1) is 5.54 Å². The van der Waals surface area contributed by atoms with Gasteiger partial charge in [-0.15, -0.1) is 0 Å². The molecule has 2 heterocycles. The Labute approximate surface area is 128 Å². The van der Waals surface area contributed by atoms with E-state index in [1.165, 1.54) is 0 Å². The van der Waals surface area contributed by atoms with Crippen LogP contribution in [0.2, 0.25) is 0 Å². The number of nitrogens with one attached hydrogen (secondary N) is 1. The van der Waals surface area contributed by atoms with Crippen LogP contribution >= 0.6 is 15.9 Å². The van der Waals surface area contributed by atoms with Gasteiger partial charge in [0, 0.05) is 9.86 Å². The lowest BCUT2D eigenvalue weighted by molar-refractivity contribution is 0.431. The third-order valence-electron chi connectivity index (χ3n) is 4.25. The van der Waals surface area contributed by atoms with Crippen molar-refractivity contribution in [2.45, 2.75) is 31.2 Å². The van der Waals surface area contributed by atoms with E-state index >= 15 is 0 Å². The highest BCUT2D eigenvalue weighted by atomic mass is 79.9. The first-order chi connectivity index (χ1) is 10.1. The summed E-state index contributed by atoms with van der Waals surface area (Å²) in [5.41, 5.74) is 7.12. The average molecular weight is 348 g/mol. The molecule has 0 atom stereocenters. The second-order valence-electron chi connectivity index (χ2n) is 5.70. The lowest BCUT2D eigenvalue weighted by Gasteiger charge is -2.21. The molecular formula is C15H14BrN3O2. The number of aromatic amines is 1. The Morgan fingerprint density at radius 1 is 1.33 bits per heavy atom. The fraction of sp³-hybridized carbons (Fsp3) is 0.333. The molecule has 0 bridgehead atoms. The smallest absolute Gasteiger partial charge is 0.294 e. The summed E-state index contributed by atoms with van der Waals surface area (Å²) in [4.78, 5) is 19.7. The summed E-state index contributed by atoms with van der Waals surface area (Å²) >= 11 is 3.44. The van der Waals surface area contributed by atoms with Crippen LogP contribution in [0.5, 0.6) is 0 Å². The van der Waals surface area contributed by atoms with Crippen LogP contribution in [0.4, 0.5) is 0 Å². The molecule has 2 aromatic heterocycles. The molecule has 1 aliphatic carbocycles. The SMILES string of the molecule is NC1(c2nc3c(oc4ccc(Br)cc43)c(=O)[nH]2)CCCC1. The molecular weight excluding hydrogens is 334 g/mol. The highest BCUT2D eigenvalue weighted by Gasteiger charge is 2.34. The number of fused-ring (bicyclic) bond motifs is 3. The van der Waals surface area contributed by atoms with Gasteiger partial charge in [0.1, 0.15) is 16.9 Å². The van der Waals surface area contributed by atoms with Crippen LogP contribution in [0.3, 0.4) is 0 Å². The minimum Gasteiger partial charge on any atom is -0.449 e. The summed E-state index contributed by atoms with van der Waals surface area (Å²) < 4.78 is 6.54. The van der Waals surface area contributed by atoms with Gasteiger partial charge in [0.15, 0.2) is 0 Å². The summed E-state index contributed by atoms with van der Waals surface area (Å²) in [6.07, 6.45) is 3.83. The molecule has 0 saturated heterocycles. The Morgan fingerprint density at radius 2 is 2.10 bits per heavy atom. The molecule has 0 aliphatic heterocycles. The normalized spacial score (nSPS) is 17.8. The Hall–Kier alpha value is -1.66. The van der Waals surface area contributed by atoms with Crippen LogP contribution in [-0.4, -0.2) is 9.97 Å². The maximum Gasteiger partial charge on any atom is 0.294 e.